The Labute approximate surface area is 172 Å². The molecule has 0 unspecified atom stereocenters. The molecule has 2 amide bonds. The van der Waals surface area contributed by atoms with E-state index >= 15 is 0 Å². The molecule has 6 nitrogen and oxygen atoms in total. The topological polar surface area (TPSA) is 67.9 Å². The third kappa shape index (κ3) is 6.10. The van der Waals surface area contributed by atoms with Crippen LogP contribution >= 0.6 is 0 Å². The Hall–Kier alpha value is -3.28. The van der Waals surface area contributed by atoms with Gasteiger partial charge in [-0.3, -0.25) is 9.59 Å². The Morgan fingerprint density at radius 3 is 2.28 bits per heavy atom. The second-order valence-corrected chi connectivity index (χ2v) is 6.87. The maximum atomic E-state index is 12.3. The highest BCUT2D eigenvalue weighted by molar-refractivity contribution is 5.94. The van der Waals surface area contributed by atoms with E-state index in [-0.39, 0.29) is 17.9 Å². The third-order valence-electron chi connectivity index (χ3n) is 4.60. The molecule has 0 aliphatic heterocycles. The van der Waals surface area contributed by atoms with Crippen LogP contribution in [0.3, 0.4) is 0 Å². The Kier molecular flexibility index (Phi) is 7.83. The van der Waals surface area contributed by atoms with Crippen molar-refractivity contribution >= 4 is 17.9 Å². The Morgan fingerprint density at radius 1 is 1.03 bits per heavy atom. The lowest BCUT2D eigenvalue weighted by atomic mass is 10.1. The Morgan fingerprint density at radius 2 is 1.69 bits per heavy atom. The van der Waals surface area contributed by atoms with Gasteiger partial charge in [0.05, 0.1) is 14.2 Å². The zero-order valence-electron chi connectivity index (χ0n) is 17.6. The van der Waals surface area contributed by atoms with E-state index in [2.05, 4.69) is 5.32 Å². The zero-order chi connectivity index (χ0) is 21.4. The van der Waals surface area contributed by atoms with Crippen LogP contribution in [0.1, 0.15) is 35.3 Å². The molecule has 0 saturated heterocycles. The van der Waals surface area contributed by atoms with Gasteiger partial charge < -0.3 is 19.7 Å². The molecule has 154 valence electrons. The normalized spacial score (nSPS) is 10.8. The van der Waals surface area contributed by atoms with E-state index in [4.69, 9.17) is 9.47 Å². The van der Waals surface area contributed by atoms with Gasteiger partial charge in [0, 0.05) is 31.3 Å². The molecule has 0 aliphatic carbocycles. The van der Waals surface area contributed by atoms with E-state index in [1.54, 1.807) is 56.5 Å². The number of ether oxygens (including phenoxy) is 2. The predicted octanol–water partition coefficient (Wildman–Crippen LogP) is 3.51. The lowest BCUT2D eigenvalue weighted by Crippen LogP contribution is -2.32. The number of carbonyl (C=O) groups is 2. The monoisotopic (exact) mass is 396 g/mol. The molecule has 2 aromatic rings. The fourth-order valence-electron chi connectivity index (χ4n) is 2.58. The van der Waals surface area contributed by atoms with Gasteiger partial charge in [-0.05, 0) is 55.3 Å². The second-order valence-electron chi connectivity index (χ2n) is 6.87. The van der Waals surface area contributed by atoms with E-state index in [1.807, 2.05) is 32.0 Å². The third-order valence-corrected chi connectivity index (χ3v) is 4.60. The number of carbonyl (C=O) groups excluding carboxylic acids is 2. The van der Waals surface area contributed by atoms with Crippen LogP contribution in [-0.4, -0.2) is 44.0 Å². The van der Waals surface area contributed by atoms with Gasteiger partial charge in [0.25, 0.3) is 5.91 Å². The van der Waals surface area contributed by atoms with Gasteiger partial charge in [-0.25, -0.2) is 0 Å². The number of nitrogens with one attached hydrogen (secondary N) is 1. The molecule has 0 heterocycles. The molecule has 0 radical (unpaired) electrons. The van der Waals surface area contributed by atoms with Crippen molar-refractivity contribution in [2.75, 3.05) is 21.3 Å². The minimum absolute atomic E-state index is 0.0200. The molecule has 0 saturated carbocycles. The molecule has 29 heavy (non-hydrogen) atoms. The standard InChI is InChI=1S/C23H28N2O4/c1-16(2)25(3)23(27)19-10-6-18(7-11-19)15-24-22(26)13-9-17-8-12-20(28-4)21(14-17)29-5/h6-14,16H,15H2,1-5H3,(H,24,26)/b13-9+. The van der Waals surface area contributed by atoms with Crippen molar-refractivity contribution in [1.82, 2.24) is 10.2 Å². The van der Waals surface area contributed by atoms with Gasteiger partial charge in [0.2, 0.25) is 5.91 Å². The summed E-state index contributed by atoms with van der Waals surface area (Å²) in [4.78, 5) is 26.1. The summed E-state index contributed by atoms with van der Waals surface area (Å²) in [6, 6.07) is 12.8. The van der Waals surface area contributed by atoms with Crippen molar-refractivity contribution in [2.24, 2.45) is 0 Å². The summed E-state index contributed by atoms with van der Waals surface area (Å²) in [7, 11) is 4.93. The van der Waals surface area contributed by atoms with Crippen LogP contribution in [0.15, 0.2) is 48.5 Å². The van der Waals surface area contributed by atoms with Crippen LogP contribution in [0.25, 0.3) is 6.08 Å². The van der Waals surface area contributed by atoms with Gasteiger partial charge >= 0.3 is 0 Å². The minimum Gasteiger partial charge on any atom is -0.493 e. The van der Waals surface area contributed by atoms with Gasteiger partial charge in [-0.15, -0.1) is 0 Å². The molecule has 0 aliphatic rings. The summed E-state index contributed by atoms with van der Waals surface area (Å²) >= 11 is 0. The number of rotatable bonds is 8. The summed E-state index contributed by atoms with van der Waals surface area (Å²) < 4.78 is 10.5. The van der Waals surface area contributed by atoms with Gasteiger partial charge in [-0.1, -0.05) is 18.2 Å². The fraction of sp³-hybridized carbons (Fsp3) is 0.304. The maximum Gasteiger partial charge on any atom is 0.253 e. The average molecular weight is 396 g/mol. The molecule has 1 N–H and O–H groups in total. The molecule has 0 bridgehead atoms. The average Bonchev–Trinajstić information content (AvgIpc) is 2.75. The van der Waals surface area contributed by atoms with Crippen LogP contribution in [0.2, 0.25) is 0 Å². The molecule has 6 heteroatoms. The highest BCUT2D eigenvalue weighted by Gasteiger charge is 2.13. The smallest absolute Gasteiger partial charge is 0.253 e. The van der Waals surface area contributed by atoms with Crippen LogP contribution in [0, 0.1) is 0 Å². The number of methoxy groups -OCH3 is 2. The van der Waals surface area contributed by atoms with Crippen molar-refractivity contribution in [1.29, 1.82) is 0 Å². The lowest BCUT2D eigenvalue weighted by Gasteiger charge is -2.21. The number of hydrogen-bond donors (Lipinski definition) is 1. The van der Waals surface area contributed by atoms with Crippen molar-refractivity contribution in [3.05, 3.63) is 65.2 Å². The number of amides is 2. The highest BCUT2D eigenvalue weighted by atomic mass is 16.5. The van der Waals surface area contributed by atoms with Crippen molar-refractivity contribution in [3.8, 4) is 11.5 Å². The van der Waals surface area contributed by atoms with E-state index in [0.717, 1.165) is 11.1 Å². The SMILES string of the molecule is COc1ccc(/C=C/C(=O)NCc2ccc(C(=O)N(C)C(C)C)cc2)cc1OC. The van der Waals surface area contributed by atoms with Crippen LogP contribution < -0.4 is 14.8 Å². The zero-order valence-corrected chi connectivity index (χ0v) is 17.6. The fourth-order valence-corrected chi connectivity index (χ4v) is 2.58. The van der Waals surface area contributed by atoms with Gasteiger partial charge in [0.15, 0.2) is 11.5 Å². The molecular formula is C23H28N2O4. The van der Waals surface area contributed by atoms with Crippen molar-refractivity contribution in [3.63, 3.8) is 0 Å². The number of benzene rings is 2. The van der Waals surface area contributed by atoms with E-state index in [9.17, 15) is 9.59 Å². The largest absolute Gasteiger partial charge is 0.493 e. The molecule has 0 fully saturated rings. The molecule has 0 atom stereocenters. The summed E-state index contributed by atoms with van der Waals surface area (Å²) in [5.74, 6) is 1.01. The summed E-state index contributed by atoms with van der Waals surface area (Å²) in [6.07, 6.45) is 3.18. The molecule has 0 spiro atoms. The second kappa shape index (κ2) is 10.3. The molecule has 2 rings (SSSR count). The maximum absolute atomic E-state index is 12.3. The van der Waals surface area contributed by atoms with Crippen molar-refractivity contribution < 1.29 is 19.1 Å². The molecule has 0 aromatic heterocycles. The summed E-state index contributed by atoms with van der Waals surface area (Å²) in [5, 5.41) is 2.83. The van der Waals surface area contributed by atoms with Gasteiger partial charge in [-0.2, -0.15) is 0 Å². The first kappa shape index (κ1) is 22.0. The molecule has 2 aromatic carbocycles. The number of hydrogen-bond acceptors (Lipinski definition) is 4. The predicted molar refractivity (Wildman–Crippen MR) is 114 cm³/mol. The van der Waals surface area contributed by atoms with E-state index in [1.165, 1.54) is 6.08 Å². The first-order valence-corrected chi connectivity index (χ1v) is 9.39. The Bertz CT molecular complexity index is 873. The quantitative estimate of drug-likeness (QED) is 0.694. The van der Waals surface area contributed by atoms with Crippen LogP contribution in [0.4, 0.5) is 0 Å². The Balaban J connectivity index is 1.92. The molecular weight excluding hydrogens is 368 g/mol. The van der Waals surface area contributed by atoms with Gasteiger partial charge in [0.1, 0.15) is 0 Å². The minimum atomic E-state index is -0.209. The lowest BCUT2D eigenvalue weighted by molar-refractivity contribution is -0.116. The highest BCUT2D eigenvalue weighted by Crippen LogP contribution is 2.27. The van der Waals surface area contributed by atoms with Crippen LogP contribution in [0.5, 0.6) is 11.5 Å². The first-order valence-electron chi connectivity index (χ1n) is 9.39. The van der Waals surface area contributed by atoms with Crippen LogP contribution in [-0.2, 0) is 11.3 Å². The summed E-state index contributed by atoms with van der Waals surface area (Å²) in [5.41, 5.74) is 2.38. The van der Waals surface area contributed by atoms with Crippen molar-refractivity contribution in [2.45, 2.75) is 26.4 Å². The summed E-state index contributed by atoms with van der Waals surface area (Å²) in [6.45, 7) is 4.32. The first-order chi connectivity index (χ1) is 13.8. The number of nitrogens with zero attached hydrogens (tertiary/aromatic N) is 1. The van der Waals surface area contributed by atoms with E-state index in [0.29, 0.717) is 23.6 Å². The van der Waals surface area contributed by atoms with E-state index < -0.39 is 0 Å².